The van der Waals surface area contributed by atoms with Crippen LogP contribution < -0.4 is 5.32 Å². The van der Waals surface area contributed by atoms with Crippen LogP contribution in [0.5, 0.6) is 0 Å². The van der Waals surface area contributed by atoms with Crippen molar-refractivity contribution in [3.05, 3.63) is 34.3 Å². The minimum Gasteiger partial charge on any atom is -0.353 e. The van der Waals surface area contributed by atoms with Crippen LogP contribution in [-0.2, 0) is 4.79 Å². The Morgan fingerprint density at radius 1 is 1.50 bits per heavy atom. The predicted octanol–water partition coefficient (Wildman–Crippen LogP) is 1.61. The maximum atomic E-state index is 12.4. The molecule has 0 saturated carbocycles. The molecule has 96 valence electrons. The second-order valence-electron chi connectivity index (χ2n) is 4.42. The Kier molecular flexibility index (Phi) is 3.57. The van der Waals surface area contributed by atoms with E-state index in [1.54, 1.807) is 30.0 Å². The van der Waals surface area contributed by atoms with Gasteiger partial charge in [0, 0.05) is 23.7 Å². The zero-order chi connectivity index (χ0) is 13.3. The second-order valence-corrected chi connectivity index (χ2v) is 4.86. The highest BCUT2D eigenvalue weighted by Crippen LogP contribution is 2.18. The maximum absolute atomic E-state index is 12.4. The number of hydrogen-bond acceptors (Lipinski definition) is 2. The van der Waals surface area contributed by atoms with E-state index < -0.39 is 6.04 Å². The van der Waals surface area contributed by atoms with Gasteiger partial charge in [0.1, 0.15) is 6.04 Å². The van der Waals surface area contributed by atoms with E-state index in [4.69, 9.17) is 11.6 Å². The molecule has 0 spiro atoms. The van der Waals surface area contributed by atoms with Crippen molar-refractivity contribution in [2.45, 2.75) is 19.9 Å². The van der Waals surface area contributed by atoms with Crippen LogP contribution in [0.1, 0.15) is 22.8 Å². The average Bonchev–Trinajstić information content (AvgIpc) is 2.32. The Morgan fingerprint density at radius 2 is 2.22 bits per heavy atom. The molecule has 2 amide bonds. The summed E-state index contributed by atoms with van der Waals surface area (Å²) in [6.07, 6.45) is 0. The van der Waals surface area contributed by atoms with Crippen LogP contribution in [0.15, 0.2) is 18.2 Å². The van der Waals surface area contributed by atoms with E-state index in [1.165, 1.54) is 0 Å². The number of aryl methyl sites for hydroxylation is 1. The molecule has 1 aliphatic heterocycles. The van der Waals surface area contributed by atoms with Gasteiger partial charge in [-0.2, -0.15) is 0 Å². The van der Waals surface area contributed by atoms with Gasteiger partial charge in [-0.1, -0.05) is 11.6 Å². The minimum atomic E-state index is -0.429. The molecule has 0 aromatic heterocycles. The topological polar surface area (TPSA) is 49.4 Å². The molecule has 1 fully saturated rings. The van der Waals surface area contributed by atoms with Crippen molar-refractivity contribution in [1.29, 1.82) is 0 Å². The lowest BCUT2D eigenvalue weighted by molar-refractivity contribution is -0.127. The van der Waals surface area contributed by atoms with Gasteiger partial charge in [0.2, 0.25) is 5.91 Å². The standard InChI is InChI=1S/C13H15ClN2O2/c1-8-7-10(14)3-4-11(8)13(18)16-6-5-15-12(17)9(16)2/h3-4,7,9H,5-6H2,1-2H3,(H,15,17). The van der Waals surface area contributed by atoms with Crippen LogP contribution in [0.3, 0.4) is 0 Å². The number of halogens is 1. The maximum Gasteiger partial charge on any atom is 0.254 e. The van der Waals surface area contributed by atoms with Crippen LogP contribution in [0, 0.1) is 6.92 Å². The van der Waals surface area contributed by atoms with E-state index in [0.29, 0.717) is 23.7 Å². The van der Waals surface area contributed by atoms with Gasteiger partial charge in [-0.05, 0) is 37.6 Å². The number of hydrogen-bond donors (Lipinski definition) is 1. The zero-order valence-corrected chi connectivity index (χ0v) is 11.1. The molecule has 1 N–H and O–H groups in total. The van der Waals surface area contributed by atoms with Gasteiger partial charge < -0.3 is 10.2 Å². The van der Waals surface area contributed by atoms with Crippen LogP contribution in [0.2, 0.25) is 5.02 Å². The lowest BCUT2D eigenvalue weighted by Crippen LogP contribution is -2.55. The number of nitrogens with one attached hydrogen (secondary N) is 1. The molecule has 1 saturated heterocycles. The summed E-state index contributed by atoms with van der Waals surface area (Å²) in [6.45, 7) is 4.61. The molecule has 1 heterocycles. The van der Waals surface area contributed by atoms with Crippen molar-refractivity contribution in [1.82, 2.24) is 10.2 Å². The first-order valence-corrected chi connectivity index (χ1v) is 6.23. The minimum absolute atomic E-state index is 0.110. The number of carbonyl (C=O) groups excluding carboxylic acids is 2. The predicted molar refractivity (Wildman–Crippen MR) is 69.7 cm³/mol. The number of piperazine rings is 1. The highest BCUT2D eigenvalue weighted by atomic mass is 35.5. The summed E-state index contributed by atoms with van der Waals surface area (Å²) in [5, 5.41) is 3.34. The molecule has 18 heavy (non-hydrogen) atoms. The van der Waals surface area contributed by atoms with Crippen molar-refractivity contribution in [3.8, 4) is 0 Å². The third kappa shape index (κ3) is 2.34. The van der Waals surface area contributed by atoms with E-state index >= 15 is 0 Å². The summed E-state index contributed by atoms with van der Waals surface area (Å²) in [7, 11) is 0. The largest absolute Gasteiger partial charge is 0.353 e. The first-order valence-electron chi connectivity index (χ1n) is 5.85. The fraction of sp³-hybridized carbons (Fsp3) is 0.385. The van der Waals surface area contributed by atoms with E-state index in [0.717, 1.165) is 5.56 Å². The molecule has 1 aromatic rings. The van der Waals surface area contributed by atoms with Crippen LogP contribution in [0.25, 0.3) is 0 Å². The highest BCUT2D eigenvalue weighted by Gasteiger charge is 2.30. The van der Waals surface area contributed by atoms with Gasteiger partial charge in [0.15, 0.2) is 0 Å². The van der Waals surface area contributed by atoms with Crippen molar-refractivity contribution in [3.63, 3.8) is 0 Å². The summed E-state index contributed by atoms with van der Waals surface area (Å²) in [6, 6.07) is 4.72. The Bertz CT molecular complexity index is 502. The Morgan fingerprint density at radius 3 is 2.89 bits per heavy atom. The highest BCUT2D eigenvalue weighted by molar-refractivity contribution is 6.30. The Balaban J connectivity index is 2.28. The Labute approximate surface area is 111 Å². The second kappa shape index (κ2) is 4.98. The first kappa shape index (κ1) is 12.9. The van der Waals surface area contributed by atoms with Gasteiger partial charge in [-0.3, -0.25) is 9.59 Å². The molecular weight excluding hydrogens is 252 g/mol. The Hall–Kier alpha value is -1.55. The number of carbonyl (C=O) groups is 2. The van der Waals surface area contributed by atoms with Gasteiger partial charge in [-0.25, -0.2) is 0 Å². The summed E-state index contributed by atoms with van der Waals surface area (Å²) < 4.78 is 0. The third-order valence-electron chi connectivity index (χ3n) is 3.18. The van der Waals surface area contributed by atoms with Gasteiger partial charge in [-0.15, -0.1) is 0 Å². The fourth-order valence-corrected chi connectivity index (χ4v) is 2.31. The molecule has 1 aliphatic rings. The van der Waals surface area contributed by atoms with Gasteiger partial charge in [0.05, 0.1) is 0 Å². The molecule has 0 bridgehead atoms. The van der Waals surface area contributed by atoms with Crippen LogP contribution in [0.4, 0.5) is 0 Å². The number of amides is 2. The smallest absolute Gasteiger partial charge is 0.254 e. The molecule has 0 radical (unpaired) electrons. The number of nitrogens with zero attached hydrogens (tertiary/aromatic N) is 1. The molecular formula is C13H15ClN2O2. The quantitative estimate of drug-likeness (QED) is 0.840. The van der Waals surface area contributed by atoms with Crippen molar-refractivity contribution in [2.75, 3.05) is 13.1 Å². The molecule has 0 aliphatic carbocycles. The van der Waals surface area contributed by atoms with E-state index in [-0.39, 0.29) is 11.8 Å². The molecule has 2 rings (SSSR count). The molecule has 1 atom stereocenters. The van der Waals surface area contributed by atoms with Gasteiger partial charge in [0.25, 0.3) is 5.91 Å². The van der Waals surface area contributed by atoms with Crippen LogP contribution in [-0.4, -0.2) is 35.8 Å². The van der Waals surface area contributed by atoms with E-state index in [9.17, 15) is 9.59 Å². The van der Waals surface area contributed by atoms with E-state index in [1.807, 2.05) is 6.92 Å². The lowest BCUT2D eigenvalue weighted by Gasteiger charge is -2.33. The lowest BCUT2D eigenvalue weighted by atomic mass is 10.1. The first-order chi connectivity index (χ1) is 8.50. The summed E-state index contributed by atoms with van der Waals surface area (Å²) in [5.41, 5.74) is 1.42. The molecule has 5 heteroatoms. The molecule has 1 aromatic carbocycles. The van der Waals surface area contributed by atoms with Gasteiger partial charge >= 0.3 is 0 Å². The average molecular weight is 267 g/mol. The summed E-state index contributed by atoms with van der Waals surface area (Å²) in [5.74, 6) is -0.229. The molecule has 1 unspecified atom stereocenters. The number of rotatable bonds is 1. The SMILES string of the molecule is Cc1cc(Cl)ccc1C(=O)N1CCNC(=O)C1C. The number of benzene rings is 1. The van der Waals surface area contributed by atoms with E-state index in [2.05, 4.69) is 5.32 Å². The summed E-state index contributed by atoms with van der Waals surface area (Å²) >= 11 is 5.87. The van der Waals surface area contributed by atoms with Crippen molar-refractivity contribution in [2.24, 2.45) is 0 Å². The van der Waals surface area contributed by atoms with Crippen LogP contribution >= 0.6 is 11.6 Å². The fourth-order valence-electron chi connectivity index (χ4n) is 2.08. The van der Waals surface area contributed by atoms with Crippen molar-refractivity contribution >= 4 is 23.4 Å². The third-order valence-corrected chi connectivity index (χ3v) is 3.41. The summed E-state index contributed by atoms with van der Waals surface area (Å²) in [4.78, 5) is 25.5. The monoisotopic (exact) mass is 266 g/mol. The van der Waals surface area contributed by atoms with Crippen molar-refractivity contribution < 1.29 is 9.59 Å². The zero-order valence-electron chi connectivity index (χ0n) is 10.4. The normalized spacial score (nSPS) is 19.6. The molecule has 4 nitrogen and oxygen atoms in total.